The molecule has 0 unspecified atom stereocenters. The zero-order valence-electron chi connectivity index (χ0n) is 16.6. The molecule has 0 fully saturated rings. The Morgan fingerprint density at radius 2 is 1.75 bits per heavy atom. The SMILES string of the molecule is CCCCCCCCCCN(C(=O)n1ccnc1)c1ncnc2ccccc12. The predicted molar refractivity (Wildman–Crippen MR) is 113 cm³/mol. The minimum Gasteiger partial charge on any atom is -0.277 e. The van der Waals surface area contributed by atoms with Crippen LogP contribution in [0.2, 0.25) is 0 Å². The third kappa shape index (κ3) is 5.15. The molecule has 2 heterocycles. The summed E-state index contributed by atoms with van der Waals surface area (Å²) in [5.74, 6) is 0.659. The van der Waals surface area contributed by atoms with Crippen molar-refractivity contribution in [2.45, 2.75) is 58.3 Å². The van der Waals surface area contributed by atoms with Crippen molar-refractivity contribution < 1.29 is 4.79 Å². The highest BCUT2D eigenvalue weighted by Crippen LogP contribution is 2.24. The van der Waals surface area contributed by atoms with Crippen LogP contribution in [-0.2, 0) is 0 Å². The lowest BCUT2D eigenvalue weighted by Gasteiger charge is -2.23. The molecule has 0 aliphatic rings. The second-order valence-electron chi connectivity index (χ2n) is 7.09. The van der Waals surface area contributed by atoms with E-state index in [4.69, 9.17) is 0 Å². The molecule has 3 aromatic rings. The zero-order chi connectivity index (χ0) is 19.6. The summed E-state index contributed by atoms with van der Waals surface area (Å²) < 4.78 is 1.50. The molecule has 0 aliphatic heterocycles. The Morgan fingerprint density at radius 3 is 2.50 bits per heavy atom. The van der Waals surface area contributed by atoms with Crippen LogP contribution in [0.4, 0.5) is 10.6 Å². The molecule has 0 N–H and O–H groups in total. The van der Waals surface area contributed by atoms with Gasteiger partial charge in [0, 0.05) is 24.3 Å². The Morgan fingerprint density at radius 1 is 1.00 bits per heavy atom. The van der Waals surface area contributed by atoms with Gasteiger partial charge in [0.25, 0.3) is 0 Å². The van der Waals surface area contributed by atoms with Crippen LogP contribution in [-0.4, -0.2) is 32.1 Å². The number of imidazole rings is 1. The first-order valence-electron chi connectivity index (χ1n) is 10.3. The molecule has 0 saturated carbocycles. The number of carbonyl (C=O) groups is 1. The Hall–Kier alpha value is -2.76. The molecule has 6 heteroatoms. The molecule has 3 rings (SSSR count). The topological polar surface area (TPSA) is 63.9 Å². The van der Waals surface area contributed by atoms with Crippen molar-refractivity contribution in [2.24, 2.45) is 0 Å². The van der Waals surface area contributed by atoms with Gasteiger partial charge in [-0.25, -0.2) is 19.7 Å². The van der Waals surface area contributed by atoms with Crippen LogP contribution < -0.4 is 4.90 Å². The minimum atomic E-state index is -0.135. The van der Waals surface area contributed by atoms with Crippen molar-refractivity contribution >= 4 is 22.8 Å². The van der Waals surface area contributed by atoms with E-state index in [9.17, 15) is 4.79 Å². The van der Waals surface area contributed by atoms with E-state index in [0.717, 1.165) is 23.7 Å². The number of anilines is 1. The lowest BCUT2D eigenvalue weighted by Crippen LogP contribution is -2.36. The van der Waals surface area contributed by atoms with Crippen LogP contribution in [0.15, 0.2) is 49.3 Å². The molecule has 0 spiro atoms. The second kappa shape index (κ2) is 10.5. The van der Waals surface area contributed by atoms with Gasteiger partial charge in [-0.05, 0) is 18.6 Å². The van der Waals surface area contributed by atoms with Crippen LogP contribution in [0.1, 0.15) is 58.3 Å². The average Bonchev–Trinajstić information content (AvgIpc) is 3.27. The summed E-state index contributed by atoms with van der Waals surface area (Å²) in [7, 11) is 0. The highest BCUT2D eigenvalue weighted by atomic mass is 16.2. The summed E-state index contributed by atoms with van der Waals surface area (Å²) in [6, 6.07) is 7.67. The monoisotopic (exact) mass is 379 g/mol. The minimum absolute atomic E-state index is 0.135. The second-order valence-corrected chi connectivity index (χ2v) is 7.09. The van der Waals surface area contributed by atoms with Crippen molar-refractivity contribution in [3.05, 3.63) is 49.3 Å². The summed E-state index contributed by atoms with van der Waals surface area (Å²) in [6.07, 6.45) is 16.1. The highest BCUT2D eigenvalue weighted by Gasteiger charge is 2.20. The largest absolute Gasteiger partial charge is 0.335 e. The van der Waals surface area contributed by atoms with Gasteiger partial charge in [0.05, 0.1) is 5.52 Å². The van der Waals surface area contributed by atoms with E-state index in [2.05, 4.69) is 21.9 Å². The first-order valence-corrected chi connectivity index (χ1v) is 10.3. The van der Waals surface area contributed by atoms with Gasteiger partial charge < -0.3 is 0 Å². The van der Waals surface area contributed by atoms with Crippen LogP contribution in [0.25, 0.3) is 10.9 Å². The standard InChI is InChI=1S/C22H29N5O/c1-2-3-4-5-6-7-8-11-15-27(22(28)26-16-14-23-18-26)21-19-12-9-10-13-20(19)24-17-25-21/h9-10,12-14,16-18H,2-8,11,15H2,1H3. The van der Waals surface area contributed by atoms with Gasteiger partial charge in [0.15, 0.2) is 0 Å². The van der Waals surface area contributed by atoms with E-state index < -0.39 is 0 Å². The number of fused-ring (bicyclic) bond motifs is 1. The molecule has 6 nitrogen and oxygen atoms in total. The Balaban J connectivity index is 1.69. The summed E-state index contributed by atoms with van der Waals surface area (Å²) in [5, 5.41) is 0.887. The maximum atomic E-state index is 13.1. The summed E-state index contributed by atoms with van der Waals surface area (Å²) in [6.45, 7) is 2.87. The van der Waals surface area contributed by atoms with Crippen molar-refractivity contribution in [1.29, 1.82) is 0 Å². The van der Waals surface area contributed by atoms with Crippen molar-refractivity contribution in [3.8, 4) is 0 Å². The van der Waals surface area contributed by atoms with Gasteiger partial charge in [-0.15, -0.1) is 0 Å². The molecule has 28 heavy (non-hydrogen) atoms. The number of hydrogen-bond acceptors (Lipinski definition) is 4. The zero-order valence-corrected chi connectivity index (χ0v) is 16.6. The fraction of sp³-hybridized carbons (Fsp3) is 0.455. The van der Waals surface area contributed by atoms with Gasteiger partial charge in [-0.1, -0.05) is 64.0 Å². The quantitative estimate of drug-likeness (QED) is 0.440. The first kappa shape index (κ1) is 20.0. The fourth-order valence-electron chi connectivity index (χ4n) is 3.41. The Bertz CT molecular complexity index is 857. The number of hydrogen-bond donors (Lipinski definition) is 0. The highest BCUT2D eigenvalue weighted by molar-refractivity contribution is 6.00. The van der Waals surface area contributed by atoms with Gasteiger partial charge >= 0.3 is 6.03 Å². The number of aromatic nitrogens is 4. The fourth-order valence-corrected chi connectivity index (χ4v) is 3.41. The molecule has 0 aliphatic carbocycles. The van der Waals surface area contributed by atoms with Crippen LogP contribution in [0.3, 0.4) is 0 Å². The molecule has 148 valence electrons. The lowest BCUT2D eigenvalue weighted by atomic mass is 10.1. The number of benzene rings is 1. The van der Waals surface area contributed by atoms with E-state index >= 15 is 0 Å². The molecule has 0 atom stereocenters. The summed E-state index contributed by atoms with van der Waals surface area (Å²) in [5.41, 5.74) is 0.840. The lowest BCUT2D eigenvalue weighted by molar-refractivity contribution is 0.247. The number of rotatable bonds is 10. The Labute approximate surface area is 166 Å². The van der Waals surface area contributed by atoms with Crippen LogP contribution in [0.5, 0.6) is 0 Å². The number of nitrogens with zero attached hydrogens (tertiary/aromatic N) is 5. The van der Waals surface area contributed by atoms with Crippen molar-refractivity contribution in [1.82, 2.24) is 19.5 Å². The van der Waals surface area contributed by atoms with E-state index in [0.29, 0.717) is 12.4 Å². The maximum Gasteiger partial charge on any atom is 0.335 e. The molecule has 0 bridgehead atoms. The van der Waals surface area contributed by atoms with Gasteiger partial charge in [0.1, 0.15) is 18.5 Å². The average molecular weight is 380 g/mol. The van der Waals surface area contributed by atoms with Gasteiger partial charge in [-0.3, -0.25) is 9.47 Å². The molecular formula is C22H29N5O. The third-order valence-corrected chi connectivity index (χ3v) is 4.97. The molecule has 0 saturated heterocycles. The van der Waals surface area contributed by atoms with Gasteiger partial charge in [-0.2, -0.15) is 0 Å². The molecule has 2 aromatic heterocycles. The Kier molecular flexibility index (Phi) is 7.53. The summed E-state index contributed by atoms with van der Waals surface area (Å²) in [4.78, 5) is 27.6. The normalized spacial score (nSPS) is 11.0. The third-order valence-electron chi connectivity index (χ3n) is 4.97. The van der Waals surface area contributed by atoms with Crippen molar-refractivity contribution in [3.63, 3.8) is 0 Å². The number of carbonyl (C=O) groups excluding carboxylic acids is 1. The molecule has 1 aromatic carbocycles. The number of unbranched alkanes of at least 4 members (excludes halogenated alkanes) is 7. The van der Waals surface area contributed by atoms with Crippen molar-refractivity contribution in [2.75, 3.05) is 11.4 Å². The van der Waals surface area contributed by atoms with E-state index in [1.165, 1.54) is 55.7 Å². The molecular weight excluding hydrogens is 350 g/mol. The van der Waals surface area contributed by atoms with Gasteiger partial charge in [0.2, 0.25) is 0 Å². The first-order chi connectivity index (χ1) is 13.8. The van der Waals surface area contributed by atoms with E-state index in [-0.39, 0.29) is 6.03 Å². The predicted octanol–water partition coefficient (Wildman–Crippen LogP) is 5.44. The van der Waals surface area contributed by atoms with E-state index in [1.54, 1.807) is 17.3 Å². The van der Waals surface area contributed by atoms with Crippen LogP contribution >= 0.6 is 0 Å². The van der Waals surface area contributed by atoms with E-state index in [1.807, 2.05) is 24.3 Å². The smallest absolute Gasteiger partial charge is 0.277 e. The number of para-hydroxylation sites is 1. The molecule has 1 amide bonds. The summed E-state index contributed by atoms with van der Waals surface area (Å²) >= 11 is 0. The molecule has 0 radical (unpaired) electrons. The maximum absolute atomic E-state index is 13.1. The number of amides is 1. The van der Waals surface area contributed by atoms with Crippen LogP contribution in [0, 0.1) is 0 Å².